The number of pyridine rings is 1. The average molecular weight is 898 g/mol. The van der Waals surface area contributed by atoms with Gasteiger partial charge in [0.2, 0.25) is 0 Å². The first-order chi connectivity index (χ1) is 32.0. The van der Waals surface area contributed by atoms with Crippen molar-refractivity contribution in [2.24, 2.45) is 27.7 Å². The maximum Gasteiger partial charge on any atom is 0.163 e. The standard InChI is InChI=1S/C53H65N3O5.C2H4O.C2H6/c1-10-18-39(25-44-21-16-14-19-42(44)12-3)32-55-48-28-52(50(58-8)23-37(48)6)60-34-40-24-41(31-54-30-40)35-61-53-29-49(47(38(7)57)27-51(53)59-9)56-33-46(36(5)11-2)26-45-22-17-15-20-43(45)13-4;1-2-3;1-2/h14-17,19-24,27-33,36,39,46H,10-13,18,25-26,34-35H2,1-9H3;2H,1H3;1-2H3/t36-,39?,46?;;/m1../s1. The van der Waals surface area contributed by atoms with Crippen LogP contribution in [0.4, 0.5) is 11.4 Å². The number of aldehydes is 1. The molecule has 354 valence electrons. The van der Waals surface area contributed by atoms with Gasteiger partial charge < -0.3 is 23.7 Å². The molecule has 0 aliphatic rings. The molecule has 0 N–H and O–H groups in total. The van der Waals surface area contributed by atoms with Crippen LogP contribution in [0.2, 0.25) is 0 Å². The van der Waals surface area contributed by atoms with Crippen molar-refractivity contribution in [2.45, 2.75) is 127 Å². The van der Waals surface area contributed by atoms with E-state index < -0.39 is 0 Å². The van der Waals surface area contributed by atoms with Crippen LogP contribution in [0, 0.1) is 24.7 Å². The first-order valence-electron chi connectivity index (χ1n) is 23.7. The lowest BCUT2D eigenvalue weighted by Crippen LogP contribution is -2.16. The van der Waals surface area contributed by atoms with E-state index in [2.05, 4.69) is 94.3 Å². The number of aryl methyl sites for hydroxylation is 3. The van der Waals surface area contributed by atoms with Crippen molar-refractivity contribution in [1.29, 1.82) is 0 Å². The van der Waals surface area contributed by atoms with Gasteiger partial charge in [0.25, 0.3) is 0 Å². The lowest BCUT2D eigenvalue weighted by molar-refractivity contribution is -0.106. The van der Waals surface area contributed by atoms with Crippen LogP contribution in [0.15, 0.2) is 101 Å². The first-order valence-corrected chi connectivity index (χ1v) is 23.7. The van der Waals surface area contributed by atoms with Crippen molar-refractivity contribution < 1.29 is 28.5 Å². The Hall–Kier alpha value is -6.09. The topological polar surface area (TPSA) is 109 Å². The fourth-order valence-electron chi connectivity index (χ4n) is 7.70. The monoisotopic (exact) mass is 898 g/mol. The molecule has 5 rings (SSSR count). The molecule has 0 aliphatic heterocycles. The maximum atomic E-state index is 12.9. The Morgan fingerprint density at radius 1 is 0.697 bits per heavy atom. The number of methoxy groups -OCH3 is 2. The molecule has 0 radical (unpaired) electrons. The van der Waals surface area contributed by atoms with Gasteiger partial charge in [0.05, 0.1) is 25.6 Å². The van der Waals surface area contributed by atoms with Gasteiger partial charge in [0, 0.05) is 59.6 Å². The Morgan fingerprint density at radius 2 is 1.20 bits per heavy atom. The van der Waals surface area contributed by atoms with Gasteiger partial charge in [-0.2, -0.15) is 0 Å². The molecule has 66 heavy (non-hydrogen) atoms. The molecule has 5 aromatic rings. The second-order valence-electron chi connectivity index (χ2n) is 16.2. The third-order valence-corrected chi connectivity index (χ3v) is 11.6. The smallest absolute Gasteiger partial charge is 0.163 e. The van der Waals surface area contributed by atoms with E-state index in [1.807, 2.05) is 45.2 Å². The molecule has 4 aromatic carbocycles. The van der Waals surface area contributed by atoms with Crippen LogP contribution >= 0.6 is 0 Å². The van der Waals surface area contributed by atoms with Crippen molar-refractivity contribution in [3.63, 3.8) is 0 Å². The summed E-state index contributed by atoms with van der Waals surface area (Å²) < 4.78 is 24.2. The van der Waals surface area contributed by atoms with Gasteiger partial charge in [-0.25, -0.2) is 0 Å². The number of aromatic nitrogens is 1. The quantitative estimate of drug-likeness (QED) is 0.0365. The number of rotatable bonds is 23. The lowest BCUT2D eigenvalue weighted by Gasteiger charge is -2.21. The van der Waals surface area contributed by atoms with Gasteiger partial charge in [-0.3, -0.25) is 19.8 Å². The molecule has 9 heteroatoms. The number of hydrogen-bond acceptors (Lipinski definition) is 9. The highest BCUT2D eigenvalue weighted by molar-refractivity contribution is 6.00. The lowest BCUT2D eigenvalue weighted by atomic mass is 9.85. The van der Waals surface area contributed by atoms with Crippen molar-refractivity contribution in [3.05, 3.63) is 136 Å². The van der Waals surface area contributed by atoms with Crippen molar-refractivity contribution in [3.8, 4) is 23.0 Å². The molecule has 2 unspecified atom stereocenters. The second kappa shape index (κ2) is 29.4. The normalized spacial score (nSPS) is 12.3. The summed E-state index contributed by atoms with van der Waals surface area (Å²) in [4.78, 5) is 36.1. The molecule has 9 nitrogen and oxygen atoms in total. The zero-order chi connectivity index (χ0) is 48.4. The van der Waals surface area contributed by atoms with Gasteiger partial charge >= 0.3 is 0 Å². The molecule has 0 saturated heterocycles. The van der Waals surface area contributed by atoms with Crippen LogP contribution in [0.25, 0.3) is 0 Å². The van der Waals surface area contributed by atoms with E-state index in [-0.39, 0.29) is 24.9 Å². The molecule has 0 saturated carbocycles. The Bertz CT molecular complexity index is 2320. The zero-order valence-corrected chi connectivity index (χ0v) is 41.8. The number of ether oxygens (including phenoxy) is 4. The van der Waals surface area contributed by atoms with E-state index in [0.29, 0.717) is 46.1 Å². The molecule has 3 atom stereocenters. The predicted octanol–water partition coefficient (Wildman–Crippen LogP) is 14.1. The summed E-state index contributed by atoms with van der Waals surface area (Å²) in [5, 5.41) is 0. The fraction of sp³-hybridized carbons (Fsp3) is 0.421. The molecule has 0 amide bonds. The molecular weight excluding hydrogens is 823 g/mol. The number of benzene rings is 4. The van der Waals surface area contributed by atoms with E-state index in [4.69, 9.17) is 33.7 Å². The summed E-state index contributed by atoms with van der Waals surface area (Å²) in [6.45, 7) is 20.6. The Kier molecular flexibility index (Phi) is 24.2. The first kappa shape index (κ1) is 54.2. The predicted molar refractivity (Wildman–Crippen MR) is 273 cm³/mol. The Labute approximate surface area is 396 Å². The average Bonchev–Trinajstić information content (AvgIpc) is 3.34. The minimum absolute atomic E-state index is 0.0938. The van der Waals surface area contributed by atoms with Crippen LogP contribution in [0.5, 0.6) is 23.0 Å². The summed E-state index contributed by atoms with van der Waals surface area (Å²) in [6.07, 6.45) is 15.4. The number of nitrogens with zero attached hydrogens (tertiary/aromatic N) is 3. The number of hydrogen-bond donors (Lipinski definition) is 0. The summed E-state index contributed by atoms with van der Waals surface area (Å²) in [5.41, 5.74) is 10.1. The minimum Gasteiger partial charge on any atom is -0.493 e. The molecule has 0 fully saturated rings. The second-order valence-corrected chi connectivity index (χ2v) is 16.2. The van der Waals surface area contributed by atoms with E-state index >= 15 is 0 Å². The summed E-state index contributed by atoms with van der Waals surface area (Å²) in [6, 6.07) is 26.8. The Morgan fingerprint density at radius 3 is 1.70 bits per heavy atom. The molecule has 1 aromatic heterocycles. The minimum atomic E-state index is -0.0938. The zero-order valence-electron chi connectivity index (χ0n) is 41.8. The SMILES string of the molecule is CC.CC=O.CCCC(C=Nc1cc(OCc2cncc(COc3cc(N=CC(Cc4ccccc4CC)[C@H](C)CC)c(C(C)=O)cc3OC)c2)c(OC)cc1C)Cc1ccccc1CC. The van der Waals surface area contributed by atoms with Gasteiger partial charge in [-0.05, 0) is 111 Å². The molecule has 0 aliphatic carbocycles. The van der Waals surface area contributed by atoms with Gasteiger partial charge in [-0.1, -0.05) is 110 Å². The van der Waals surface area contributed by atoms with E-state index in [1.54, 1.807) is 45.7 Å². The number of ketones is 1. The largest absolute Gasteiger partial charge is 0.493 e. The van der Waals surface area contributed by atoms with Gasteiger partial charge in [0.1, 0.15) is 19.5 Å². The third kappa shape index (κ3) is 16.4. The highest BCUT2D eigenvalue weighted by Crippen LogP contribution is 2.38. The number of Topliss-reactive ketones (excluding diaryl/α,β-unsaturated/α-hetero) is 1. The number of carbonyl (C=O) groups excluding carboxylic acids is 2. The summed E-state index contributed by atoms with van der Waals surface area (Å²) in [7, 11) is 3.22. The molecule has 1 heterocycles. The van der Waals surface area contributed by atoms with E-state index in [1.165, 1.54) is 29.2 Å². The number of aliphatic imine (C=N–C) groups is 2. The van der Waals surface area contributed by atoms with E-state index in [9.17, 15) is 4.79 Å². The summed E-state index contributed by atoms with van der Waals surface area (Å²) in [5.74, 6) is 3.03. The van der Waals surface area contributed by atoms with Crippen molar-refractivity contribution in [2.75, 3.05) is 14.2 Å². The van der Waals surface area contributed by atoms with Crippen LogP contribution in [-0.4, -0.2) is 43.7 Å². The molecule has 0 spiro atoms. The van der Waals surface area contributed by atoms with Crippen LogP contribution in [0.1, 0.15) is 131 Å². The van der Waals surface area contributed by atoms with Gasteiger partial charge in [-0.15, -0.1) is 0 Å². The maximum absolute atomic E-state index is 12.9. The van der Waals surface area contributed by atoms with Crippen molar-refractivity contribution in [1.82, 2.24) is 4.98 Å². The van der Waals surface area contributed by atoms with Crippen LogP contribution < -0.4 is 18.9 Å². The summed E-state index contributed by atoms with van der Waals surface area (Å²) >= 11 is 0. The van der Waals surface area contributed by atoms with E-state index in [0.717, 1.165) is 73.6 Å². The highest BCUT2D eigenvalue weighted by Gasteiger charge is 2.19. The van der Waals surface area contributed by atoms with Gasteiger partial charge in [0.15, 0.2) is 28.8 Å². The third-order valence-electron chi connectivity index (χ3n) is 11.6. The van der Waals surface area contributed by atoms with Crippen molar-refractivity contribution >= 4 is 35.9 Å². The van der Waals surface area contributed by atoms with Crippen LogP contribution in [0.3, 0.4) is 0 Å². The molecule has 0 bridgehead atoms. The molecular formula is C57H75N3O6. The van der Waals surface area contributed by atoms with Crippen LogP contribution in [-0.2, 0) is 43.7 Å². The fourth-order valence-corrected chi connectivity index (χ4v) is 7.70. The number of carbonyl (C=O) groups is 2. The highest BCUT2D eigenvalue weighted by atomic mass is 16.5. The Balaban J connectivity index is 0.00000222.